The molecule has 0 spiro atoms. The number of piperazine rings is 1. The third-order valence-electron chi connectivity index (χ3n) is 5.76. The highest BCUT2D eigenvalue weighted by atomic mass is 32.2. The minimum Gasteiger partial charge on any atom is -0.339 e. The first-order valence-corrected chi connectivity index (χ1v) is 13.0. The molecular formula is C25H24FN5OS2. The molecule has 3 heterocycles. The molecule has 5 rings (SSSR count). The first-order valence-electron chi connectivity index (χ1n) is 11.1. The summed E-state index contributed by atoms with van der Waals surface area (Å²) in [6.45, 7) is 4.17. The van der Waals surface area contributed by atoms with E-state index in [-0.39, 0.29) is 11.7 Å². The highest BCUT2D eigenvalue weighted by molar-refractivity contribution is 7.99. The van der Waals surface area contributed by atoms with E-state index in [2.05, 4.69) is 32.6 Å². The van der Waals surface area contributed by atoms with Gasteiger partial charge in [-0.25, -0.2) is 4.39 Å². The summed E-state index contributed by atoms with van der Waals surface area (Å²) in [6, 6.07) is 20.2. The van der Waals surface area contributed by atoms with Crippen LogP contribution in [0.4, 0.5) is 4.39 Å². The van der Waals surface area contributed by atoms with Gasteiger partial charge in [0.05, 0.1) is 5.75 Å². The van der Waals surface area contributed by atoms with Crippen LogP contribution in [0, 0.1) is 5.82 Å². The quantitative estimate of drug-likeness (QED) is 0.353. The van der Waals surface area contributed by atoms with Gasteiger partial charge in [0.15, 0.2) is 11.0 Å². The Bertz CT molecular complexity index is 1220. The number of aromatic nitrogens is 3. The molecular weight excluding hydrogens is 469 g/mol. The second kappa shape index (κ2) is 10.5. The summed E-state index contributed by atoms with van der Waals surface area (Å²) in [5, 5.41) is 11.5. The zero-order valence-corrected chi connectivity index (χ0v) is 20.1. The number of halogens is 1. The van der Waals surface area contributed by atoms with E-state index in [1.54, 1.807) is 23.5 Å². The molecule has 1 aliphatic rings. The van der Waals surface area contributed by atoms with Gasteiger partial charge in [-0.3, -0.25) is 14.3 Å². The Morgan fingerprint density at radius 3 is 2.41 bits per heavy atom. The average Bonchev–Trinajstić information content (AvgIpc) is 3.54. The molecule has 9 heteroatoms. The monoisotopic (exact) mass is 493 g/mol. The number of nitrogens with zero attached hydrogens (tertiary/aromatic N) is 5. The Labute approximate surface area is 206 Å². The minimum atomic E-state index is -0.301. The Morgan fingerprint density at radius 2 is 1.71 bits per heavy atom. The van der Waals surface area contributed by atoms with Crippen LogP contribution < -0.4 is 0 Å². The topological polar surface area (TPSA) is 54.3 Å². The Balaban J connectivity index is 1.26. The molecule has 4 aromatic rings. The fraction of sp³-hybridized carbons (Fsp3) is 0.240. The number of benzene rings is 2. The maximum Gasteiger partial charge on any atom is 0.233 e. The van der Waals surface area contributed by atoms with Gasteiger partial charge in [-0.15, -0.1) is 21.5 Å². The van der Waals surface area contributed by atoms with E-state index in [0.717, 1.165) is 44.0 Å². The van der Waals surface area contributed by atoms with Gasteiger partial charge in [0, 0.05) is 48.9 Å². The van der Waals surface area contributed by atoms with Crippen LogP contribution in [0.15, 0.2) is 77.3 Å². The van der Waals surface area contributed by atoms with E-state index in [1.807, 2.05) is 39.8 Å². The van der Waals surface area contributed by atoms with Crippen molar-refractivity contribution in [1.82, 2.24) is 24.6 Å². The molecule has 0 unspecified atom stereocenters. The van der Waals surface area contributed by atoms with E-state index in [4.69, 9.17) is 0 Å². The minimum absolute atomic E-state index is 0.103. The summed E-state index contributed by atoms with van der Waals surface area (Å²) in [6.07, 6.45) is 0. The lowest BCUT2D eigenvalue weighted by Crippen LogP contribution is -2.48. The van der Waals surface area contributed by atoms with E-state index in [0.29, 0.717) is 16.7 Å². The number of thioether (sulfide) groups is 1. The second-order valence-corrected chi connectivity index (χ2v) is 9.98. The highest BCUT2D eigenvalue weighted by Crippen LogP contribution is 2.28. The Morgan fingerprint density at radius 1 is 0.941 bits per heavy atom. The van der Waals surface area contributed by atoms with Crippen molar-refractivity contribution in [3.05, 3.63) is 82.8 Å². The van der Waals surface area contributed by atoms with Gasteiger partial charge in [0.25, 0.3) is 0 Å². The second-order valence-electron chi connectivity index (χ2n) is 8.01. The average molecular weight is 494 g/mol. The van der Waals surface area contributed by atoms with Crippen LogP contribution in [0.3, 0.4) is 0 Å². The number of carbonyl (C=O) groups is 1. The van der Waals surface area contributed by atoms with Crippen molar-refractivity contribution in [3.8, 4) is 17.1 Å². The van der Waals surface area contributed by atoms with Crippen LogP contribution in [0.1, 0.15) is 4.88 Å². The molecule has 0 radical (unpaired) electrons. The van der Waals surface area contributed by atoms with Crippen LogP contribution in [-0.2, 0) is 11.3 Å². The zero-order chi connectivity index (χ0) is 23.3. The first kappa shape index (κ1) is 22.8. The normalized spacial score (nSPS) is 14.4. The van der Waals surface area contributed by atoms with Crippen LogP contribution in [0.5, 0.6) is 0 Å². The SMILES string of the molecule is O=C(CSc1nnc(-c2ccc(F)cc2)n1-c1ccccc1)N1CCN(Cc2cccs2)CC1. The molecule has 0 atom stereocenters. The van der Waals surface area contributed by atoms with Crippen molar-refractivity contribution < 1.29 is 9.18 Å². The molecule has 1 aliphatic heterocycles. The summed E-state index contributed by atoms with van der Waals surface area (Å²) in [5.74, 6) is 0.708. The van der Waals surface area contributed by atoms with E-state index in [9.17, 15) is 9.18 Å². The predicted molar refractivity (Wildman–Crippen MR) is 134 cm³/mol. The molecule has 6 nitrogen and oxygen atoms in total. The lowest BCUT2D eigenvalue weighted by Gasteiger charge is -2.34. The molecule has 1 fully saturated rings. The summed E-state index contributed by atoms with van der Waals surface area (Å²) in [5.41, 5.74) is 1.65. The molecule has 1 saturated heterocycles. The number of amides is 1. The third kappa shape index (κ3) is 5.22. The van der Waals surface area contributed by atoms with Gasteiger partial charge in [0.1, 0.15) is 5.82 Å². The fourth-order valence-corrected chi connectivity index (χ4v) is 5.56. The van der Waals surface area contributed by atoms with Gasteiger partial charge in [-0.2, -0.15) is 0 Å². The summed E-state index contributed by atoms with van der Waals surface area (Å²) >= 11 is 3.15. The van der Waals surface area contributed by atoms with Gasteiger partial charge in [-0.05, 0) is 47.8 Å². The molecule has 1 amide bonds. The van der Waals surface area contributed by atoms with Gasteiger partial charge in [0.2, 0.25) is 5.91 Å². The molecule has 0 N–H and O–H groups in total. The predicted octanol–water partition coefficient (Wildman–Crippen LogP) is 4.57. The molecule has 0 saturated carbocycles. The lowest BCUT2D eigenvalue weighted by molar-refractivity contribution is -0.130. The number of hydrogen-bond donors (Lipinski definition) is 0. The van der Waals surface area contributed by atoms with Crippen LogP contribution in [0.25, 0.3) is 17.1 Å². The summed E-state index contributed by atoms with van der Waals surface area (Å²) < 4.78 is 15.4. The Hall–Kier alpha value is -3.01. The third-order valence-corrected chi connectivity index (χ3v) is 7.53. The fourth-order valence-electron chi connectivity index (χ4n) is 3.96. The molecule has 0 aliphatic carbocycles. The molecule has 34 heavy (non-hydrogen) atoms. The lowest BCUT2D eigenvalue weighted by atomic mass is 10.2. The smallest absolute Gasteiger partial charge is 0.233 e. The maximum absolute atomic E-state index is 13.4. The number of para-hydroxylation sites is 1. The van der Waals surface area contributed by atoms with Gasteiger partial charge in [-0.1, -0.05) is 36.0 Å². The van der Waals surface area contributed by atoms with Crippen molar-refractivity contribution >= 4 is 29.0 Å². The van der Waals surface area contributed by atoms with Crippen molar-refractivity contribution in [2.45, 2.75) is 11.7 Å². The largest absolute Gasteiger partial charge is 0.339 e. The molecule has 0 bridgehead atoms. The maximum atomic E-state index is 13.4. The standard InChI is InChI=1S/C25H24FN5OS2/c26-20-10-8-19(9-11-20)24-27-28-25(31(24)21-5-2-1-3-6-21)34-18-23(32)30-14-12-29(13-15-30)17-22-7-4-16-33-22/h1-11,16H,12-15,17-18H2. The van der Waals surface area contributed by atoms with Crippen LogP contribution in [-0.4, -0.2) is 62.4 Å². The summed E-state index contributed by atoms with van der Waals surface area (Å²) in [7, 11) is 0. The van der Waals surface area contributed by atoms with Crippen LogP contribution >= 0.6 is 23.1 Å². The number of hydrogen-bond acceptors (Lipinski definition) is 6. The van der Waals surface area contributed by atoms with Crippen molar-refractivity contribution in [2.24, 2.45) is 0 Å². The Kier molecular flexibility index (Phi) is 7.03. The zero-order valence-electron chi connectivity index (χ0n) is 18.5. The highest BCUT2D eigenvalue weighted by Gasteiger charge is 2.23. The molecule has 2 aromatic heterocycles. The van der Waals surface area contributed by atoms with Crippen molar-refractivity contribution in [3.63, 3.8) is 0 Å². The first-order chi connectivity index (χ1) is 16.7. The van der Waals surface area contributed by atoms with Crippen LogP contribution in [0.2, 0.25) is 0 Å². The number of rotatable bonds is 7. The number of carbonyl (C=O) groups excluding carboxylic acids is 1. The van der Waals surface area contributed by atoms with E-state index >= 15 is 0 Å². The summed E-state index contributed by atoms with van der Waals surface area (Å²) in [4.78, 5) is 18.6. The molecule has 174 valence electrons. The van der Waals surface area contributed by atoms with Gasteiger partial charge >= 0.3 is 0 Å². The van der Waals surface area contributed by atoms with Crippen molar-refractivity contribution in [1.29, 1.82) is 0 Å². The molecule has 2 aromatic carbocycles. The van der Waals surface area contributed by atoms with Crippen molar-refractivity contribution in [2.75, 3.05) is 31.9 Å². The number of thiophene rings is 1. The van der Waals surface area contributed by atoms with Gasteiger partial charge < -0.3 is 4.90 Å². The van der Waals surface area contributed by atoms with E-state index < -0.39 is 0 Å². The van der Waals surface area contributed by atoms with E-state index in [1.165, 1.54) is 28.8 Å².